The molecule has 0 saturated carbocycles. The second kappa shape index (κ2) is 5.59. The van der Waals surface area contributed by atoms with Crippen LogP contribution in [-0.2, 0) is 4.79 Å². The number of hydrogen-bond acceptors (Lipinski definition) is 5. The third kappa shape index (κ3) is 2.45. The fraction of sp³-hybridized carbons (Fsp3) is 0.333. The van der Waals surface area contributed by atoms with Crippen LogP contribution in [0.3, 0.4) is 0 Å². The molecule has 3 rings (SSSR count). The zero-order valence-electron chi connectivity index (χ0n) is 12.2. The van der Waals surface area contributed by atoms with Gasteiger partial charge in [-0.1, -0.05) is 0 Å². The molecule has 2 heterocycles. The van der Waals surface area contributed by atoms with Crippen molar-refractivity contribution in [3.63, 3.8) is 0 Å². The highest BCUT2D eigenvalue weighted by Crippen LogP contribution is 2.32. The molecule has 0 spiro atoms. The molecule has 7 nitrogen and oxygen atoms in total. The fourth-order valence-electron chi connectivity index (χ4n) is 2.77. The van der Waals surface area contributed by atoms with Gasteiger partial charge in [0.25, 0.3) is 5.69 Å². The lowest BCUT2D eigenvalue weighted by Gasteiger charge is -2.34. The smallest absolute Gasteiger partial charge is 0.278 e. The van der Waals surface area contributed by atoms with Crippen molar-refractivity contribution in [1.29, 1.82) is 0 Å². The molecule has 0 N–H and O–H groups in total. The van der Waals surface area contributed by atoms with E-state index in [-0.39, 0.29) is 10.6 Å². The minimum Gasteiger partial charge on any atom is -0.366 e. The number of aromatic nitrogens is 1. The van der Waals surface area contributed by atoms with E-state index in [0.717, 1.165) is 17.8 Å². The Morgan fingerprint density at radius 1 is 1.18 bits per heavy atom. The second-order valence-corrected chi connectivity index (χ2v) is 5.34. The highest BCUT2D eigenvalue weighted by molar-refractivity contribution is 5.97. The molecule has 1 amide bonds. The zero-order chi connectivity index (χ0) is 15.7. The highest BCUT2D eigenvalue weighted by Gasteiger charge is 2.21. The zero-order valence-corrected chi connectivity index (χ0v) is 12.2. The molecule has 0 atom stereocenters. The fourth-order valence-corrected chi connectivity index (χ4v) is 2.77. The van der Waals surface area contributed by atoms with Crippen molar-refractivity contribution in [3.8, 4) is 0 Å². The molecular weight excluding hydrogens is 284 g/mol. The molecule has 7 heteroatoms. The number of rotatable bonds is 3. The van der Waals surface area contributed by atoms with Gasteiger partial charge in [0.15, 0.2) is 0 Å². The lowest BCUT2D eigenvalue weighted by molar-refractivity contribution is -0.383. The Balaban J connectivity index is 2.07. The number of non-ortho nitro benzene ring substituents is 1. The van der Waals surface area contributed by atoms with Crippen LogP contribution in [-0.4, -0.2) is 47.4 Å². The Kier molecular flexibility index (Phi) is 3.62. The number of carbonyl (C=O) groups is 1. The van der Waals surface area contributed by atoms with Gasteiger partial charge in [-0.3, -0.25) is 19.9 Å². The van der Waals surface area contributed by atoms with Gasteiger partial charge in [0.2, 0.25) is 6.41 Å². The summed E-state index contributed by atoms with van der Waals surface area (Å²) in [5, 5.41) is 11.7. The van der Waals surface area contributed by atoms with E-state index in [1.165, 1.54) is 6.07 Å². The summed E-state index contributed by atoms with van der Waals surface area (Å²) < 4.78 is 0. The SMILES string of the molecule is Cc1ccc2c([N+](=O)[O-])ccc(N3CCN(C=O)CC3)c2n1. The summed E-state index contributed by atoms with van der Waals surface area (Å²) in [5.41, 5.74) is 2.42. The first kappa shape index (κ1) is 14.2. The average molecular weight is 300 g/mol. The quantitative estimate of drug-likeness (QED) is 0.490. The normalized spacial score (nSPS) is 15.1. The van der Waals surface area contributed by atoms with E-state index >= 15 is 0 Å². The molecule has 0 bridgehead atoms. The summed E-state index contributed by atoms with van der Waals surface area (Å²) in [6, 6.07) is 6.81. The third-order valence-electron chi connectivity index (χ3n) is 3.95. The largest absolute Gasteiger partial charge is 0.366 e. The number of carbonyl (C=O) groups excluding carboxylic acids is 1. The van der Waals surface area contributed by atoms with Gasteiger partial charge in [0.05, 0.1) is 16.0 Å². The number of aryl methyl sites for hydroxylation is 1. The van der Waals surface area contributed by atoms with Crippen molar-refractivity contribution in [2.45, 2.75) is 6.92 Å². The number of fused-ring (bicyclic) bond motifs is 1. The van der Waals surface area contributed by atoms with Crippen molar-refractivity contribution >= 4 is 28.7 Å². The van der Waals surface area contributed by atoms with Crippen LogP contribution in [0.4, 0.5) is 11.4 Å². The summed E-state index contributed by atoms with van der Waals surface area (Å²) in [6.45, 7) is 4.55. The van der Waals surface area contributed by atoms with Crippen LogP contribution in [0.1, 0.15) is 5.69 Å². The predicted octanol–water partition coefficient (Wildman–Crippen LogP) is 1.73. The molecular formula is C15H16N4O3. The summed E-state index contributed by atoms with van der Waals surface area (Å²) >= 11 is 0. The van der Waals surface area contributed by atoms with Gasteiger partial charge in [-0.25, -0.2) is 0 Å². The number of nitrogens with zero attached hydrogens (tertiary/aromatic N) is 4. The number of benzene rings is 1. The van der Waals surface area contributed by atoms with E-state index in [9.17, 15) is 14.9 Å². The van der Waals surface area contributed by atoms with Gasteiger partial charge in [-0.2, -0.15) is 0 Å². The van der Waals surface area contributed by atoms with E-state index < -0.39 is 0 Å². The molecule has 1 saturated heterocycles. The molecule has 1 aromatic carbocycles. The molecule has 0 aliphatic carbocycles. The van der Waals surface area contributed by atoms with Crippen molar-refractivity contribution in [2.24, 2.45) is 0 Å². The number of nitro benzene ring substituents is 1. The Labute approximate surface area is 127 Å². The van der Waals surface area contributed by atoms with Crippen LogP contribution >= 0.6 is 0 Å². The first-order valence-corrected chi connectivity index (χ1v) is 7.09. The first-order chi connectivity index (χ1) is 10.6. The lowest BCUT2D eigenvalue weighted by atomic mass is 10.1. The maximum absolute atomic E-state index is 11.2. The lowest BCUT2D eigenvalue weighted by Crippen LogP contribution is -2.45. The third-order valence-corrected chi connectivity index (χ3v) is 3.95. The molecule has 2 aromatic rings. The van der Waals surface area contributed by atoms with E-state index in [1.54, 1.807) is 23.1 Å². The van der Waals surface area contributed by atoms with Crippen molar-refractivity contribution in [3.05, 3.63) is 40.1 Å². The van der Waals surface area contributed by atoms with E-state index in [1.807, 2.05) is 6.92 Å². The number of nitro groups is 1. The Bertz CT molecular complexity index is 739. The number of hydrogen-bond donors (Lipinski definition) is 0. The number of pyridine rings is 1. The first-order valence-electron chi connectivity index (χ1n) is 7.09. The monoisotopic (exact) mass is 300 g/mol. The summed E-state index contributed by atoms with van der Waals surface area (Å²) in [6.07, 6.45) is 0.855. The summed E-state index contributed by atoms with van der Waals surface area (Å²) in [5.74, 6) is 0. The molecule has 1 fully saturated rings. The number of piperazine rings is 1. The van der Waals surface area contributed by atoms with Crippen LogP contribution in [0, 0.1) is 17.0 Å². The Hall–Kier alpha value is -2.70. The van der Waals surface area contributed by atoms with Crippen molar-refractivity contribution < 1.29 is 9.72 Å². The molecule has 0 unspecified atom stereocenters. The van der Waals surface area contributed by atoms with Crippen molar-refractivity contribution in [1.82, 2.24) is 9.88 Å². The Morgan fingerprint density at radius 3 is 2.55 bits per heavy atom. The molecule has 1 aliphatic heterocycles. The number of anilines is 1. The highest BCUT2D eigenvalue weighted by atomic mass is 16.6. The van der Waals surface area contributed by atoms with Gasteiger partial charge in [0.1, 0.15) is 5.52 Å². The van der Waals surface area contributed by atoms with Gasteiger partial charge in [-0.15, -0.1) is 0 Å². The second-order valence-electron chi connectivity index (χ2n) is 5.34. The standard InChI is InChI=1S/C15H16N4O3/c1-11-2-3-12-13(19(21)22)4-5-14(15(12)16-11)18-8-6-17(10-20)7-9-18/h2-5,10H,6-9H2,1H3. The van der Waals surface area contributed by atoms with E-state index in [4.69, 9.17) is 0 Å². The average Bonchev–Trinajstić information content (AvgIpc) is 2.53. The Morgan fingerprint density at radius 2 is 1.91 bits per heavy atom. The van der Waals surface area contributed by atoms with E-state index in [2.05, 4.69) is 9.88 Å². The van der Waals surface area contributed by atoms with Gasteiger partial charge >= 0.3 is 0 Å². The van der Waals surface area contributed by atoms with Crippen LogP contribution in [0.2, 0.25) is 0 Å². The number of amides is 1. The van der Waals surface area contributed by atoms with Crippen LogP contribution in [0.15, 0.2) is 24.3 Å². The van der Waals surface area contributed by atoms with Gasteiger partial charge < -0.3 is 9.80 Å². The molecule has 0 radical (unpaired) electrons. The summed E-state index contributed by atoms with van der Waals surface area (Å²) in [4.78, 5) is 30.0. The molecule has 22 heavy (non-hydrogen) atoms. The van der Waals surface area contributed by atoms with Gasteiger partial charge in [0, 0.05) is 37.9 Å². The van der Waals surface area contributed by atoms with E-state index in [0.29, 0.717) is 37.1 Å². The maximum atomic E-state index is 11.2. The molecule has 1 aromatic heterocycles. The summed E-state index contributed by atoms with van der Waals surface area (Å²) in [7, 11) is 0. The van der Waals surface area contributed by atoms with Crippen LogP contribution in [0.25, 0.3) is 10.9 Å². The van der Waals surface area contributed by atoms with Crippen LogP contribution < -0.4 is 4.90 Å². The minimum atomic E-state index is -0.381. The predicted molar refractivity (Wildman–Crippen MR) is 83.0 cm³/mol. The van der Waals surface area contributed by atoms with Crippen molar-refractivity contribution in [2.75, 3.05) is 31.1 Å². The van der Waals surface area contributed by atoms with Crippen LogP contribution in [0.5, 0.6) is 0 Å². The minimum absolute atomic E-state index is 0.0674. The maximum Gasteiger partial charge on any atom is 0.278 e. The topological polar surface area (TPSA) is 79.6 Å². The van der Waals surface area contributed by atoms with Gasteiger partial charge in [-0.05, 0) is 25.1 Å². The molecule has 114 valence electrons. The molecule has 1 aliphatic rings.